The first-order valence-corrected chi connectivity index (χ1v) is 5.42. The van der Waals surface area contributed by atoms with Crippen molar-refractivity contribution in [1.82, 2.24) is 0 Å². The van der Waals surface area contributed by atoms with E-state index in [1.54, 1.807) is 14.2 Å². The predicted molar refractivity (Wildman–Crippen MR) is 65.5 cm³/mol. The average Bonchev–Trinajstić information content (AvgIpc) is 2.34. The molecule has 0 bridgehead atoms. The molecule has 17 heavy (non-hydrogen) atoms. The zero-order chi connectivity index (χ0) is 12.8. The molecule has 0 unspecified atom stereocenters. The minimum atomic E-state index is 0.274. The molecular weight excluding hydrogens is 218 g/mol. The van der Waals surface area contributed by atoms with Gasteiger partial charge in [0.1, 0.15) is 11.5 Å². The quantitative estimate of drug-likeness (QED) is 0.582. The Morgan fingerprint density at radius 1 is 1.24 bits per heavy atom. The fourth-order valence-corrected chi connectivity index (χ4v) is 1.68. The fourth-order valence-electron chi connectivity index (χ4n) is 1.68. The molecule has 0 aliphatic rings. The molecule has 0 saturated carbocycles. The molecule has 4 nitrogen and oxygen atoms in total. The van der Waals surface area contributed by atoms with Crippen LogP contribution in [0.15, 0.2) is 17.1 Å². The molecule has 0 aliphatic carbocycles. The first kappa shape index (κ1) is 13.3. The monoisotopic (exact) mass is 235 g/mol. The standard InChI is InChI=1S/C13H17NO3/c1-9(2)11-5-10(7-14-8-15)12(16-3)6-13(11)17-4/h5-6,9H,7H2,1-4H3. The third-order valence-corrected chi connectivity index (χ3v) is 2.57. The normalized spacial score (nSPS) is 9.94. The van der Waals surface area contributed by atoms with Gasteiger partial charge in [-0.25, -0.2) is 9.79 Å². The minimum absolute atomic E-state index is 0.274. The van der Waals surface area contributed by atoms with Crippen LogP contribution in [0, 0.1) is 0 Å². The number of nitrogens with zero attached hydrogens (tertiary/aromatic N) is 1. The zero-order valence-electron chi connectivity index (χ0n) is 10.6. The molecule has 0 fully saturated rings. The van der Waals surface area contributed by atoms with Crippen LogP contribution in [0.1, 0.15) is 30.9 Å². The highest BCUT2D eigenvalue weighted by molar-refractivity contribution is 5.48. The number of hydrogen-bond donors (Lipinski definition) is 0. The number of hydrogen-bond acceptors (Lipinski definition) is 4. The maximum atomic E-state index is 10.2. The summed E-state index contributed by atoms with van der Waals surface area (Å²) in [5.74, 6) is 1.79. The van der Waals surface area contributed by atoms with Gasteiger partial charge in [0.15, 0.2) is 0 Å². The maximum Gasteiger partial charge on any atom is 0.235 e. The molecule has 0 amide bonds. The molecule has 0 heterocycles. The second-order valence-corrected chi connectivity index (χ2v) is 3.97. The van der Waals surface area contributed by atoms with E-state index in [2.05, 4.69) is 18.8 Å². The van der Waals surface area contributed by atoms with Crippen molar-refractivity contribution in [3.63, 3.8) is 0 Å². The van der Waals surface area contributed by atoms with E-state index in [4.69, 9.17) is 9.47 Å². The number of aliphatic imine (C=N–C) groups is 1. The summed E-state index contributed by atoms with van der Waals surface area (Å²) in [6.45, 7) is 4.44. The van der Waals surface area contributed by atoms with Crippen molar-refractivity contribution in [3.05, 3.63) is 23.3 Å². The largest absolute Gasteiger partial charge is 0.496 e. The van der Waals surface area contributed by atoms with Crippen molar-refractivity contribution in [2.75, 3.05) is 14.2 Å². The van der Waals surface area contributed by atoms with Gasteiger partial charge < -0.3 is 9.47 Å². The summed E-state index contributed by atoms with van der Waals surface area (Å²) >= 11 is 0. The number of rotatable bonds is 5. The van der Waals surface area contributed by atoms with Gasteiger partial charge >= 0.3 is 0 Å². The second kappa shape index (κ2) is 6.06. The van der Waals surface area contributed by atoms with Crippen molar-refractivity contribution in [3.8, 4) is 11.5 Å². The molecule has 0 N–H and O–H groups in total. The van der Waals surface area contributed by atoms with E-state index in [1.807, 2.05) is 12.1 Å². The first-order valence-electron chi connectivity index (χ1n) is 5.42. The Labute approximate surface area is 101 Å². The van der Waals surface area contributed by atoms with Crippen LogP contribution in [0.3, 0.4) is 0 Å². The zero-order valence-corrected chi connectivity index (χ0v) is 10.6. The number of benzene rings is 1. The molecule has 1 rings (SSSR count). The van der Waals surface area contributed by atoms with Crippen LogP contribution in [0.5, 0.6) is 11.5 Å². The third kappa shape index (κ3) is 3.08. The van der Waals surface area contributed by atoms with E-state index in [0.29, 0.717) is 11.7 Å². The highest BCUT2D eigenvalue weighted by Gasteiger charge is 2.13. The van der Waals surface area contributed by atoms with Crippen molar-refractivity contribution >= 4 is 6.08 Å². The van der Waals surface area contributed by atoms with Crippen LogP contribution < -0.4 is 9.47 Å². The molecule has 0 saturated heterocycles. The highest BCUT2D eigenvalue weighted by Crippen LogP contribution is 2.33. The summed E-state index contributed by atoms with van der Waals surface area (Å²) < 4.78 is 10.6. The Bertz CT molecular complexity index is 435. The number of ether oxygens (including phenoxy) is 2. The Hall–Kier alpha value is -1.80. The number of methoxy groups -OCH3 is 2. The van der Waals surface area contributed by atoms with E-state index >= 15 is 0 Å². The van der Waals surface area contributed by atoms with Gasteiger partial charge in [-0.3, -0.25) is 0 Å². The lowest BCUT2D eigenvalue weighted by atomic mass is 9.99. The summed E-state index contributed by atoms with van der Waals surface area (Å²) in [6.07, 6.45) is 1.53. The van der Waals surface area contributed by atoms with Gasteiger partial charge in [-0.05, 0) is 17.5 Å². The number of carbonyl (C=O) groups excluding carboxylic acids is 1. The van der Waals surface area contributed by atoms with E-state index in [0.717, 1.165) is 16.9 Å². The summed E-state index contributed by atoms with van der Waals surface area (Å²) in [5.41, 5.74) is 1.93. The van der Waals surface area contributed by atoms with Crippen molar-refractivity contribution in [2.24, 2.45) is 4.99 Å². The Kier molecular flexibility index (Phi) is 4.73. The van der Waals surface area contributed by atoms with Crippen LogP contribution in [0.2, 0.25) is 0 Å². The molecule has 0 aromatic heterocycles. The third-order valence-electron chi connectivity index (χ3n) is 2.57. The lowest BCUT2D eigenvalue weighted by molar-refractivity contribution is 0.386. The topological polar surface area (TPSA) is 47.9 Å². The van der Waals surface area contributed by atoms with Crippen molar-refractivity contribution in [2.45, 2.75) is 26.3 Å². The molecule has 0 aliphatic heterocycles. The second-order valence-electron chi connectivity index (χ2n) is 3.97. The average molecular weight is 235 g/mol. The molecule has 0 radical (unpaired) electrons. The van der Waals surface area contributed by atoms with Crippen LogP contribution in [-0.2, 0) is 11.3 Å². The number of isocyanates is 1. The fraction of sp³-hybridized carbons (Fsp3) is 0.462. The van der Waals surface area contributed by atoms with E-state index in [1.165, 1.54) is 6.08 Å². The van der Waals surface area contributed by atoms with Crippen LogP contribution in [0.4, 0.5) is 0 Å². The minimum Gasteiger partial charge on any atom is -0.496 e. The molecular formula is C13H17NO3. The molecule has 0 atom stereocenters. The summed E-state index contributed by atoms with van der Waals surface area (Å²) in [5, 5.41) is 0. The van der Waals surface area contributed by atoms with Gasteiger partial charge in [-0.15, -0.1) is 0 Å². The van der Waals surface area contributed by atoms with Gasteiger partial charge in [-0.1, -0.05) is 13.8 Å². The van der Waals surface area contributed by atoms with Crippen LogP contribution in [-0.4, -0.2) is 20.3 Å². The predicted octanol–water partition coefficient (Wildman–Crippen LogP) is 2.66. The summed E-state index contributed by atoms with van der Waals surface area (Å²) in [7, 11) is 3.21. The van der Waals surface area contributed by atoms with E-state index in [9.17, 15) is 4.79 Å². The lowest BCUT2D eigenvalue weighted by Gasteiger charge is -2.15. The Morgan fingerprint density at radius 2 is 1.88 bits per heavy atom. The Balaban J connectivity index is 3.27. The van der Waals surface area contributed by atoms with Gasteiger partial charge in [0.05, 0.1) is 20.8 Å². The van der Waals surface area contributed by atoms with Gasteiger partial charge in [0, 0.05) is 11.6 Å². The van der Waals surface area contributed by atoms with Crippen LogP contribution in [0.25, 0.3) is 0 Å². The van der Waals surface area contributed by atoms with E-state index < -0.39 is 0 Å². The molecule has 0 spiro atoms. The molecule has 92 valence electrons. The summed E-state index contributed by atoms with van der Waals surface area (Å²) in [4.78, 5) is 13.7. The molecule has 1 aromatic rings. The van der Waals surface area contributed by atoms with Gasteiger partial charge in [0.2, 0.25) is 6.08 Å². The lowest BCUT2D eigenvalue weighted by Crippen LogP contribution is -1.99. The maximum absolute atomic E-state index is 10.2. The molecule has 1 aromatic carbocycles. The SMILES string of the molecule is COc1cc(OC)c(C(C)C)cc1CN=C=O. The van der Waals surface area contributed by atoms with E-state index in [-0.39, 0.29) is 6.54 Å². The first-order chi connectivity index (χ1) is 8.13. The van der Waals surface area contributed by atoms with Gasteiger partial charge in [0.25, 0.3) is 0 Å². The van der Waals surface area contributed by atoms with Crippen LogP contribution >= 0.6 is 0 Å². The smallest absolute Gasteiger partial charge is 0.235 e. The molecule has 4 heteroatoms. The van der Waals surface area contributed by atoms with Crippen molar-refractivity contribution in [1.29, 1.82) is 0 Å². The van der Waals surface area contributed by atoms with Crippen molar-refractivity contribution < 1.29 is 14.3 Å². The van der Waals surface area contributed by atoms with Gasteiger partial charge in [-0.2, -0.15) is 0 Å². The Morgan fingerprint density at radius 3 is 2.35 bits per heavy atom. The summed E-state index contributed by atoms with van der Waals surface area (Å²) in [6, 6.07) is 3.79. The highest BCUT2D eigenvalue weighted by atomic mass is 16.5.